The molecule has 0 aliphatic carbocycles. The van der Waals surface area contributed by atoms with Crippen LogP contribution < -0.4 is 65.4 Å². The summed E-state index contributed by atoms with van der Waals surface area (Å²) >= 11 is -9.18. The Labute approximate surface area is 515 Å². The molecule has 0 aromatic heterocycles. The van der Waals surface area contributed by atoms with E-state index in [9.17, 15) is 0 Å². The zero-order valence-corrected chi connectivity index (χ0v) is 67.4. The molecule has 76 heavy (non-hydrogen) atoms. The van der Waals surface area contributed by atoms with E-state index in [0.717, 1.165) is 0 Å². The van der Waals surface area contributed by atoms with Crippen molar-refractivity contribution in [2.24, 2.45) is 0 Å². The van der Waals surface area contributed by atoms with Crippen molar-refractivity contribution in [1.29, 1.82) is 0 Å². The van der Waals surface area contributed by atoms with Gasteiger partial charge in [0.15, 0.2) is 0 Å². The van der Waals surface area contributed by atoms with Crippen molar-refractivity contribution in [3.05, 3.63) is 0 Å². The van der Waals surface area contributed by atoms with Crippen LogP contribution in [0, 0.1) is 0 Å². The largest absolute Gasteiger partial charge is 1.00 e. The second-order valence-electron chi connectivity index (χ2n) is 24.2. The van der Waals surface area contributed by atoms with E-state index >= 15 is 0 Å². The van der Waals surface area contributed by atoms with Crippen LogP contribution in [0.3, 0.4) is 0 Å². The number of hydrogen-bond acceptors (Lipinski definition) is 0. The van der Waals surface area contributed by atoms with E-state index in [1.54, 1.807) is 0 Å². The Balaban J connectivity index is -0.000000133. The van der Waals surface area contributed by atoms with Gasteiger partial charge in [0.2, 0.25) is 0 Å². The van der Waals surface area contributed by atoms with Gasteiger partial charge >= 0.3 is 472 Å². The minimum Gasteiger partial charge on any atom is -1.00 e. The van der Waals surface area contributed by atoms with Crippen LogP contribution in [-0.2, 0) is 0 Å². The number of alkyl halides is 16. The van der Waals surface area contributed by atoms with E-state index in [0.29, 0.717) is 0 Å². The van der Waals surface area contributed by atoms with Gasteiger partial charge in [-0.05, 0) is 0 Å². The number of unbranched alkanes of at least 4 members (excludes halogenated alkanes) is 16. The van der Waals surface area contributed by atoms with Crippen LogP contribution >= 0.6 is 69.3 Å². The van der Waals surface area contributed by atoms with Crippen molar-refractivity contribution in [3.8, 4) is 0 Å². The molecule has 0 heterocycles. The van der Waals surface area contributed by atoms with Gasteiger partial charge in [-0.15, -0.1) is 0 Å². The predicted octanol–water partition coefficient (Wildman–Crippen LogP) is 7.70. The molecule has 0 spiro atoms. The standard InChI is InChI=1S/4C16H38IN.4ClH/c4*1-5-9-13-17(18,14-10-6-2,15-11-7-3)16-12-8-4;;;;/h4*5-16,18H2,1-4H3;4*1H. The fourth-order valence-corrected chi connectivity index (χ4v) is 70.1. The monoisotopic (exact) mass is 1630 g/mol. The van der Waals surface area contributed by atoms with Crippen molar-refractivity contribution >= 4 is 69.3 Å². The van der Waals surface area contributed by atoms with Gasteiger partial charge in [-0.1, -0.05) is 0 Å². The van der Waals surface area contributed by atoms with Crippen LogP contribution in [0.5, 0.6) is 0 Å². The summed E-state index contributed by atoms with van der Waals surface area (Å²) in [5.74, 6) is 0. The Morgan fingerprint density at radius 1 is 0.145 bits per heavy atom. The maximum Gasteiger partial charge on any atom is -1.00 e. The molecule has 0 atom stereocenters. The van der Waals surface area contributed by atoms with E-state index in [-0.39, 0.29) is 49.6 Å². The zero-order chi connectivity index (χ0) is 55.7. The molecule has 0 aliphatic heterocycles. The Bertz CT molecular complexity index is 838. The van der Waals surface area contributed by atoms with Gasteiger partial charge in [-0.2, -0.15) is 0 Å². The third kappa shape index (κ3) is 46.2. The molecule has 12 N–H and O–H groups in total. The average molecular weight is 1630 g/mol. The van der Waals surface area contributed by atoms with Crippen molar-refractivity contribution in [1.82, 2.24) is 0 Å². The van der Waals surface area contributed by atoms with E-state index < -0.39 is 69.3 Å². The Morgan fingerprint density at radius 2 is 0.197 bits per heavy atom. The number of rotatable bonds is 48. The van der Waals surface area contributed by atoms with Crippen LogP contribution in [0.15, 0.2) is 0 Å². The Kier molecular flexibility index (Phi) is 71.8. The second kappa shape index (κ2) is 56.7. The fourth-order valence-electron chi connectivity index (χ4n) is 10.5. The molecule has 488 valence electrons. The minimum atomic E-state index is -2.30. The number of quaternary nitrogens is 4. The summed E-state index contributed by atoms with van der Waals surface area (Å²) in [5.41, 5.74) is 0. The van der Waals surface area contributed by atoms with Crippen molar-refractivity contribution in [3.63, 3.8) is 0 Å². The molecular weight excluding hydrogens is 1470 g/mol. The molecule has 0 rings (SSSR count). The molecule has 0 amide bonds. The maximum absolute atomic E-state index is 5.04. The zero-order valence-electron chi connectivity index (χ0n) is 55.8. The SMILES string of the molecule is CCCCI([NH3+])(CCCC)(CCCC)CCCC.CCCCI([NH3+])(CCCC)(CCCC)CCCC.CCCCI([NH3+])(CCCC)(CCCC)CCCC.CCCCI([NH3+])(CCCC)(CCCC)CCCC.[Cl-].[Cl-].[Cl-].[Cl-]. The Morgan fingerprint density at radius 3 is 0.237 bits per heavy atom. The van der Waals surface area contributed by atoms with Gasteiger partial charge in [-0.3, -0.25) is 0 Å². The first-order chi connectivity index (χ1) is 34.2. The maximum atomic E-state index is 5.04. The van der Waals surface area contributed by atoms with Crippen LogP contribution in [0.4, 0.5) is 0 Å². The minimum absolute atomic E-state index is 0. The first-order valence-corrected chi connectivity index (χ1v) is 63.2. The molecule has 0 radical (unpaired) electrons. The van der Waals surface area contributed by atoms with E-state index in [4.69, 9.17) is 15.8 Å². The van der Waals surface area contributed by atoms with Gasteiger partial charge in [0.05, 0.1) is 0 Å². The smallest absolute Gasteiger partial charge is 1.00 e. The summed E-state index contributed by atoms with van der Waals surface area (Å²) in [7, 11) is 0. The van der Waals surface area contributed by atoms with Crippen LogP contribution in [0.1, 0.15) is 316 Å². The second-order valence-corrected chi connectivity index (χ2v) is 84.6. The molecule has 0 bridgehead atoms. The summed E-state index contributed by atoms with van der Waals surface area (Å²) in [4.78, 5) is 0. The quantitative estimate of drug-likeness (QED) is 0.0273. The summed E-state index contributed by atoms with van der Waals surface area (Å²) in [6, 6.07) is 0. The van der Waals surface area contributed by atoms with Crippen molar-refractivity contribution in [2.75, 3.05) is 70.8 Å². The molecule has 0 fully saturated rings. The van der Waals surface area contributed by atoms with Gasteiger partial charge < -0.3 is 49.6 Å². The normalized spacial score (nSPS) is 13.6. The summed E-state index contributed by atoms with van der Waals surface area (Å²) in [5, 5.41) is 0. The van der Waals surface area contributed by atoms with Crippen LogP contribution in [0.2, 0.25) is 0 Å². The fraction of sp³-hybridized carbons (Fsp3) is 1.00. The average Bonchev–Trinajstić information content (AvgIpc) is 3.40. The van der Waals surface area contributed by atoms with Crippen LogP contribution in [-0.4, -0.2) is 70.8 Å². The van der Waals surface area contributed by atoms with E-state index in [1.807, 2.05) is 0 Å². The molecule has 0 saturated carbocycles. The summed E-state index contributed by atoms with van der Waals surface area (Å²) in [6.07, 6.45) is 44.8. The summed E-state index contributed by atoms with van der Waals surface area (Å²) in [6.45, 7) is 37.5. The first kappa shape index (κ1) is 96.2. The molecule has 0 aromatic carbocycles. The molecule has 4 nitrogen and oxygen atoms in total. The number of hydrogen-bond donors (Lipinski definition) is 4. The molecule has 0 aromatic rings. The summed E-state index contributed by atoms with van der Waals surface area (Å²) < 4.78 is 44.6. The molecule has 0 saturated heterocycles. The van der Waals surface area contributed by atoms with E-state index in [1.165, 1.54) is 276 Å². The van der Waals surface area contributed by atoms with Gasteiger partial charge in [0.25, 0.3) is 0 Å². The predicted molar refractivity (Wildman–Crippen MR) is 384 cm³/mol. The third-order valence-electron chi connectivity index (χ3n) is 16.3. The van der Waals surface area contributed by atoms with Crippen LogP contribution in [0.25, 0.3) is 0 Å². The van der Waals surface area contributed by atoms with Gasteiger partial charge in [0, 0.05) is 0 Å². The first-order valence-electron chi connectivity index (χ1n) is 32.7. The van der Waals surface area contributed by atoms with Crippen molar-refractivity contribution < 1.29 is 65.4 Å². The van der Waals surface area contributed by atoms with Gasteiger partial charge in [0.1, 0.15) is 0 Å². The molecule has 0 aliphatic rings. The Hall–Kier alpha value is 3.92. The third-order valence-corrected chi connectivity index (χ3v) is 77.4. The van der Waals surface area contributed by atoms with E-state index in [2.05, 4.69) is 111 Å². The number of halogens is 8. The molecular formula is C64H156Cl4I4N4. The molecule has 12 heteroatoms. The topological polar surface area (TPSA) is 111 Å². The van der Waals surface area contributed by atoms with Gasteiger partial charge in [-0.25, -0.2) is 0 Å². The van der Waals surface area contributed by atoms with Crippen molar-refractivity contribution in [2.45, 2.75) is 316 Å². The molecule has 0 unspecified atom stereocenters.